The van der Waals surface area contributed by atoms with E-state index < -0.39 is 75.1 Å². The molecule has 52 heavy (non-hydrogen) atoms. The van der Waals surface area contributed by atoms with E-state index in [0.717, 1.165) is 76.0 Å². The summed E-state index contributed by atoms with van der Waals surface area (Å²) in [7, 11) is 0. The minimum absolute atomic E-state index is 0.101. The Morgan fingerprint density at radius 1 is 0.596 bits per heavy atom. The predicted octanol–water partition coefficient (Wildman–Crippen LogP) is 8.01. The number of rotatable bonds is 22. The van der Waals surface area contributed by atoms with Crippen LogP contribution in [0.25, 0.3) is 0 Å². The SMILES string of the molecule is CC(C)CCCCCC1=CC(=O)[O][Sn]([CH3])([O]C(=O)/C=C(/CCCCCC(C)C)C(=O)[O][Sn]2([CH3])[O]C(=O)C=C(CCCCCC(C)C)C(=O)[O]2)[O]C1=O. The zero-order valence-electron chi connectivity index (χ0n) is 32.5. The second-order valence-electron chi connectivity index (χ2n) is 15.1. The molecule has 2 heterocycles. The van der Waals surface area contributed by atoms with Gasteiger partial charge < -0.3 is 0 Å². The molecule has 2 aliphatic heterocycles. The molecule has 292 valence electrons. The fraction of sp³-hybridized carbons (Fsp3) is 0.684. The maximum atomic E-state index is 13.6. The van der Waals surface area contributed by atoms with E-state index in [-0.39, 0.29) is 23.1 Å². The first-order valence-corrected chi connectivity index (χ1v) is 31.6. The molecule has 0 saturated heterocycles. The van der Waals surface area contributed by atoms with Gasteiger partial charge in [-0.15, -0.1) is 0 Å². The zero-order valence-corrected chi connectivity index (χ0v) is 38.2. The minimum atomic E-state index is -5.13. The molecule has 0 radical (unpaired) electrons. The molecule has 0 fully saturated rings. The molecule has 2 aliphatic rings. The van der Waals surface area contributed by atoms with Crippen molar-refractivity contribution in [3.63, 3.8) is 0 Å². The molecule has 2 unspecified atom stereocenters. The van der Waals surface area contributed by atoms with E-state index in [1.165, 1.54) is 9.88 Å². The molecule has 0 aromatic carbocycles. The van der Waals surface area contributed by atoms with Gasteiger partial charge in [-0.05, 0) is 0 Å². The van der Waals surface area contributed by atoms with Crippen molar-refractivity contribution in [3.05, 3.63) is 34.9 Å². The van der Waals surface area contributed by atoms with Gasteiger partial charge in [0.25, 0.3) is 0 Å². The van der Waals surface area contributed by atoms with Gasteiger partial charge in [0.15, 0.2) is 0 Å². The van der Waals surface area contributed by atoms with Crippen LogP contribution in [0.1, 0.15) is 138 Å². The van der Waals surface area contributed by atoms with E-state index in [4.69, 9.17) is 18.4 Å². The average Bonchev–Trinajstić information content (AvgIpc) is 3.19. The molecule has 0 aliphatic carbocycles. The molecular weight excluding hydrogens is 886 g/mol. The summed E-state index contributed by atoms with van der Waals surface area (Å²) < 4.78 is 33.1. The van der Waals surface area contributed by atoms with Gasteiger partial charge in [-0.2, -0.15) is 0 Å². The Kier molecular flexibility index (Phi) is 20.0. The van der Waals surface area contributed by atoms with Crippen LogP contribution in [-0.4, -0.2) is 75.1 Å². The fourth-order valence-corrected chi connectivity index (χ4v) is 14.1. The molecule has 2 rings (SSSR count). The Labute approximate surface area is 320 Å². The molecule has 14 heteroatoms. The Balaban J connectivity index is 2.15. The summed E-state index contributed by atoms with van der Waals surface area (Å²) in [5.74, 6) is -3.58. The number of carbonyl (C=O) groups excluding carboxylic acids is 6. The molecule has 0 amide bonds. The van der Waals surface area contributed by atoms with Crippen molar-refractivity contribution in [2.45, 2.75) is 148 Å². The molecule has 0 bridgehead atoms. The topological polar surface area (TPSA) is 158 Å². The van der Waals surface area contributed by atoms with E-state index in [0.29, 0.717) is 49.9 Å². The van der Waals surface area contributed by atoms with Gasteiger partial charge in [0, 0.05) is 0 Å². The molecule has 2 atom stereocenters. The Hall–Kier alpha value is -2.36. The van der Waals surface area contributed by atoms with Crippen LogP contribution in [0.5, 0.6) is 0 Å². The van der Waals surface area contributed by atoms with Gasteiger partial charge in [-0.1, -0.05) is 0 Å². The zero-order chi connectivity index (χ0) is 38.9. The average molecular weight is 946 g/mol. The number of hydrogen-bond donors (Lipinski definition) is 0. The molecular formula is C38H60O12Sn2. The molecule has 0 aromatic rings. The fourth-order valence-electron chi connectivity index (χ4n) is 5.72. The Morgan fingerprint density at radius 2 is 1.00 bits per heavy atom. The number of carbonyl (C=O) groups is 6. The van der Waals surface area contributed by atoms with Crippen molar-refractivity contribution in [2.75, 3.05) is 0 Å². The quantitative estimate of drug-likeness (QED) is 0.0586. The third-order valence-corrected chi connectivity index (χ3v) is 18.2. The maximum absolute atomic E-state index is 13.6. The van der Waals surface area contributed by atoms with Crippen LogP contribution in [0, 0.1) is 17.8 Å². The summed E-state index contributed by atoms with van der Waals surface area (Å²) in [6.45, 7) is 12.8. The van der Waals surface area contributed by atoms with Crippen molar-refractivity contribution < 1.29 is 47.2 Å². The van der Waals surface area contributed by atoms with Gasteiger partial charge in [0.1, 0.15) is 0 Å². The second-order valence-corrected chi connectivity index (χ2v) is 28.5. The standard InChI is InChI=1S/3C12H20O4.2CH3.2Sn/c3*1-9(2)6-4-3-5-7-10(12(15)16)8-11(13)14;;;;/h3*8-9H,3-7H2,1-2H3,(H,13,14)(H,15,16);2*1H3;;/q;;;;;2*+3/p-6/b10-8-;;;;;;. The summed E-state index contributed by atoms with van der Waals surface area (Å²) in [5, 5.41) is 0. The van der Waals surface area contributed by atoms with Crippen molar-refractivity contribution in [1.82, 2.24) is 0 Å². The van der Waals surface area contributed by atoms with Crippen LogP contribution in [0.2, 0.25) is 9.88 Å². The van der Waals surface area contributed by atoms with Crippen molar-refractivity contribution in [2.24, 2.45) is 17.8 Å². The van der Waals surface area contributed by atoms with Crippen LogP contribution in [0.15, 0.2) is 34.9 Å². The van der Waals surface area contributed by atoms with Crippen LogP contribution >= 0.6 is 0 Å². The van der Waals surface area contributed by atoms with Crippen LogP contribution < -0.4 is 0 Å². The molecule has 0 spiro atoms. The van der Waals surface area contributed by atoms with E-state index in [1.807, 2.05) is 0 Å². The van der Waals surface area contributed by atoms with E-state index in [9.17, 15) is 28.8 Å². The van der Waals surface area contributed by atoms with E-state index in [2.05, 4.69) is 41.5 Å². The normalized spacial score (nSPS) is 21.1. The predicted molar refractivity (Wildman–Crippen MR) is 198 cm³/mol. The number of hydrogen-bond acceptors (Lipinski definition) is 12. The monoisotopic (exact) mass is 948 g/mol. The van der Waals surface area contributed by atoms with E-state index >= 15 is 0 Å². The van der Waals surface area contributed by atoms with Gasteiger partial charge >= 0.3 is 323 Å². The van der Waals surface area contributed by atoms with Gasteiger partial charge in [0.2, 0.25) is 0 Å². The first-order chi connectivity index (χ1) is 24.4. The third-order valence-electron chi connectivity index (χ3n) is 8.54. The summed E-state index contributed by atoms with van der Waals surface area (Å²) in [6.07, 6.45) is 14.3. The van der Waals surface area contributed by atoms with Crippen molar-refractivity contribution >= 4 is 75.1 Å². The summed E-state index contributed by atoms with van der Waals surface area (Å²) in [4.78, 5) is 80.8. The van der Waals surface area contributed by atoms with Gasteiger partial charge in [-0.3, -0.25) is 0 Å². The molecule has 0 N–H and O–H groups in total. The second kappa shape index (κ2) is 22.8. The van der Waals surface area contributed by atoms with E-state index in [1.54, 1.807) is 0 Å². The van der Waals surface area contributed by atoms with Gasteiger partial charge in [0.05, 0.1) is 0 Å². The molecule has 12 nitrogen and oxygen atoms in total. The summed E-state index contributed by atoms with van der Waals surface area (Å²) in [6, 6.07) is 0. The number of unbranched alkanes of at least 4 members (excludes halogenated alkanes) is 6. The van der Waals surface area contributed by atoms with Crippen LogP contribution in [0.4, 0.5) is 0 Å². The Bertz CT molecular complexity index is 1370. The summed E-state index contributed by atoms with van der Waals surface area (Å²) >= 11 is -10.2. The van der Waals surface area contributed by atoms with Crippen LogP contribution in [-0.2, 0) is 47.2 Å². The summed E-state index contributed by atoms with van der Waals surface area (Å²) in [5.41, 5.74) is 0.209. The first kappa shape index (κ1) is 45.8. The molecule has 0 saturated carbocycles. The third kappa shape index (κ3) is 18.1. The van der Waals surface area contributed by atoms with Crippen molar-refractivity contribution in [3.8, 4) is 0 Å². The van der Waals surface area contributed by atoms with Crippen LogP contribution in [0.3, 0.4) is 0 Å². The van der Waals surface area contributed by atoms with Gasteiger partial charge in [-0.25, -0.2) is 0 Å². The first-order valence-electron chi connectivity index (χ1n) is 18.9. The molecule has 0 aromatic heterocycles. The Morgan fingerprint density at radius 3 is 1.42 bits per heavy atom. The van der Waals surface area contributed by atoms with Crippen molar-refractivity contribution in [1.29, 1.82) is 0 Å².